The van der Waals surface area contributed by atoms with Crippen molar-refractivity contribution < 1.29 is 19.2 Å². The Bertz CT molecular complexity index is 825. The maximum absolute atomic E-state index is 10.9. The predicted molar refractivity (Wildman–Crippen MR) is 84.9 cm³/mol. The van der Waals surface area contributed by atoms with E-state index in [-0.39, 0.29) is 5.69 Å². The van der Waals surface area contributed by atoms with Gasteiger partial charge >= 0.3 is 5.97 Å². The normalized spacial score (nSPS) is 10.7. The second-order valence-electron chi connectivity index (χ2n) is 4.84. The molecule has 118 valence electrons. The lowest BCUT2D eigenvalue weighted by Crippen LogP contribution is -2.02. The van der Waals surface area contributed by atoms with Crippen LogP contribution in [0.25, 0.3) is 11.3 Å². The zero-order valence-electron chi connectivity index (χ0n) is 12.4. The first kappa shape index (κ1) is 15.2. The Hall–Kier alpha value is -2.67. The molecule has 0 aliphatic heterocycles. The summed E-state index contributed by atoms with van der Waals surface area (Å²) in [4.78, 5) is 16.3. The van der Waals surface area contributed by atoms with Crippen LogP contribution in [0.4, 0.5) is 0 Å². The highest BCUT2D eigenvalue weighted by atomic mass is 32.1. The van der Waals surface area contributed by atoms with Gasteiger partial charge in [-0.1, -0.05) is 17.3 Å². The summed E-state index contributed by atoms with van der Waals surface area (Å²) in [6, 6.07) is 8.69. The number of ether oxygens (including phenoxy) is 1. The van der Waals surface area contributed by atoms with Gasteiger partial charge in [-0.05, 0) is 19.1 Å². The zero-order valence-corrected chi connectivity index (χ0v) is 13.2. The maximum Gasteiger partial charge on any atom is 0.358 e. The van der Waals surface area contributed by atoms with Gasteiger partial charge < -0.3 is 14.4 Å². The molecule has 1 aromatic carbocycles. The van der Waals surface area contributed by atoms with Crippen LogP contribution >= 0.6 is 11.3 Å². The highest BCUT2D eigenvalue weighted by Gasteiger charge is 2.15. The molecule has 0 aliphatic carbocycles. The summed E-state index contributed by atoms with van der Waals surface area (Å²) in [5.41, 5.74) is 3.39. The number of nitrogens with zero attached hydrogens (tertiary/aromatic N) is 2. The molecule has 0 bridgehead atoms. The van der Waals surface area contributed by atoms with Crippen molar-refractivity contribution in [1.29, 1.82) is 0 Å². The van der Waals surface area contributed by atoms with Crippen molar-refractivity contribution in [2.24, 2.45) is 0 Å². The lowest BCUT2D eigenvalue weighted by atomic mass is 10.1. The second-order valence-corrected chi connectivity index (χ2v) is 5.78. The van der Waals surface area contributed by atoms with Crippen molar-refractivity contribution in [2.45, 2.75) is 13.3 Å². The van der Waals surface area contributed by atoms with E-state index in [4.69, 9.17) is 14.4 Å². The number of carbonyl (C=O) groups is 1. The molecule has 0 unspecified atom stereocenters. The van der Waals surface area contributed by atoms with Crippen LogP contribution in [0.15, 0.2) is 40.4 Å². The predicted octanol–water partition coefficient (Wildman–Crippen LogP) is 3.43. The SMILES string of the molecule is Cc1ncsc1CCOc1ccccc1-c1cc(C(=O)O)no1. The fourth-order valence-corrected chi connectivity index (χ4v) is 2.88. The average Bonchev–Trinajstić information content (AvgIpc) is 3.18. The lowest BCUT2D eigenvalue weighted by molar-refractivity contribution is 0.0686. The largest absolute Gasteiger partial charge is 0.492 e. The number of benzene rings is 1. The van der Waals surface area contributed by atoms with E-state index in [1.54, 1.807) is 17.4 Å². The fourth-order valence-electron chi connectivity index (χ4n) is 2.12. The first-order chi connectivity index (χ1) is 11.1. The number of carboxylic acid groups (broad SMARTS) is 1. The van der Waals surface area contributed by atoms with Gasteiger partial charge in [0.1, 0.15) is 5.75 Å². The van der Waals surface area contributed by atoms with Crippen molar-refractivity contribution in [3.8, 4) is 17.1 Å². The summed E-state index contributed by atoms with van der Waals surface area (Å²) in [6.45, 7) is 2.47. The highest BCUT2D eigenvalue weighted by Crippen LogP contribution is 2.30. The minimum Gasteiger partial charge on any atom is -0.492 e. The van der Waals surface area contributed by atoms with E-state index in [0.29, 0.717) is 23.7 Å². The minimum atomic E-state index is -1.13. The molecule has 2 aromatic heterocycles. The number of carboxylic acids is 1. The molecular weight excluding hydrogens is 316 g/mol. The lowest BCUT2D eigenvalue weighted by Gasteiger charge is -2.09. The molecule has 23 heavy (non-hydrogen) atoms. The molecule has 1 N–H and O–H groups in total. The summed E-state index contributed by atoms with van der Waals surface area (Å²) in [6.07, 6.45) is 0.765. The van der Waals surface area contributed by atoms with Gasteiger partial charge in [-0.3, -0.25) is 0 Å². The molecule has 6 nitrogen and oxygen atoms in total. The van der Waals surface area contributed by atoms with Crippen LogP contribution in [0.3, 0.4) is 0 Å². The van der Waals surface area contributed by atoms with E-state index >= 15 is 0 Å². The van der Waals surface area contributed by atoms with Crippen LogP contribution in [0.5, 0.6) is 5.75 Å². The number of para-hydroxylation sites is 1. The molecule has 0 aliphatic rings. The van der Waals surface area contributed by atoms with Gasteiger partial charge in [0.2, 0.25) is 0 Å². The van der Waals surface area contributed by atoms with Crippen molar-refractivity contribution in [3.05, 3.63) is 52.1 Å². The zero-order chi connectivity index (χ0) is 16.2. The topological polar surface area (TPSA) is 85.5 Å². The first-order valence-corrected chi connectivity index (χ1v) is 7.84. The van der Waals surface area contributed by atoms with Gasteiger partial charge in [0.25, 0.3) is 0 Å². The third-order valence-corrected chi connectivity index (χ3v) is 4.31. The van der Waals surface area contributed by atoms with E-state index < -0.39 is 5.97 Å². The van der Waals surface area contributed by atoms with E-state index in [0.717, 1.165) is 12.1 Å². The van der Waals surface area contributed by atoms with E-state index in [1.165, 1.54) is 10.9 Å². The second kappa shape index (κ2) is 6.62. The van der Waals surface area contributed by atoms with E-state index in [2.05, 4.69) is 10.1 Å². The summed E-state index contributed by atoms with van der Waals surface area (Å²) in [5.74, 6) is -0.131. The van der Waals surface area contributed by atoms with Gasteiger partial charge in [0.15, 0.2) is 11.5 Å². The first-order valence-electron chi connectivity index (χ1n) is 6.96. The molecule has 3 rings (SSSR count). The number of rotatable bonds is 6. The Kier molecular flexibility index (Phi) is 4.38. The molecule has 0 spiro atoms. The third-order valence-electron chi connectivity index (χ3n) is 3.31. The Labute approximate surface area is 136 Å². The third kappa shape index (κ3) is 3.40. The molecule has 0 fully saturated rings. The van der Waals surface area contributed by atoms with Crippen molar-refractivity contribution >= 4 is 17.3 Å². The van der Waals surface area contributed by atoms with Gasteiger partial charge in [-0.25, -0.2) is 9.78 Å². The van der Waals surface area contributed by atoms with Crippen molar-refractivity contribution in [2.75, 3.05) is 6.61 Å². The Morgan fingerprint density at radius 2 is 2.22 bits per heavy atom. The quantitative estimate of drug-likeness (QED) is 0.745. The highest BCUT2D eigenvalue weighted by molar-refractivity contribution is 7.09. The maximum atomic E-state index is 10.9. The number of aromatic carboxylic acids is 1. The summed E-state index contributed by atoms with van der Waals surface area (Å²) >= 11 is 1.61. The molecule has 0 radical (unpaired) electrons. The van der Waals surface area contributed by atoms with E-state index in [1.807, 2.05) is 30.6 Å². The number of hydrogen-bond donors (Lipinski definition) is 1. The van der Waals surface area contributed by atoms with Crippen LogP contribution in [0.1, 0.15) is 21.1 Å². The van der Waals surface area contributed by atoms with E-state index in [9.17, 15) is 4.79 Å². The molecule has 0 amide bonds. The monoisotopic (exact) mass is 330 g/mol. The van der Waals surface area contributed by atoms with Gasteiger partial charge in [0.05, 0.1) is 23.4 Å². The smallest absolute Gasteiger partial charge is 0.358 e. The van der Waals surface area contributed by atoms with Crippen LogP contribution in [0, 0.1) is 6.92 Å². The molecule has 7 heteroatoms. The molecular formula is C16H14N2O4S. The number of thiazole rings is 1. The summed E-state index contributed by atoms with van der Waals surface area (Å²) in [7, 11) is 0. The number of aryl methyl sites for hydroxylation is 1. The van der Waals surface area contributed by atoms with Crippen LogP contribution in [-0.2, 0) is 6.42 Å². The Morgan fingerprint density at radius 1 is 1.39 bits per heavy atom. The number of hydrogen-bond acceptors (Lipinski definition) is 6. The molecule has 3 aromatic rings. The van der Waals surface area contributed by atoms with Crippen LogP contribution in [0.2, 0.25) is 0 Å². The van der Waals surface area contributed by atoms with Gasteiger partial charge in [-0.2, -0.15) is 0 Å². The molecule has 0 saturated heterocycles. The molecule has 0 saturated carbocycles. The van der Waals surface area contributed by atoms with Crippen LogP contribution in [-0.4, -0.2) is 27.8 Å². The average molecular weight is 330 g/mol. The minimum absolute atomic E-state index is 0.130. The van der Waals surface area contributed by atoms with Gasteiger partial charge in [0, 0.05) is 17.4 Å². The van der Waals surface area contributed by atoms with Gasteiger partial charge in [-0.15, -0.1) is 11.3 Å². The van der Waals surface area contributed by atoms with Crippen molar-refractivity contribution in [1.82, 2.24) is 10.1 Å². The summed E-state index contributed by atoms with van der Waals surface area (Å²) in [5, 5.41) is 12.5. The summed E-state index contributed by atoms with van der Waals surface area (Å²) < 4.78 is 10.9. The Morgan fingerprint density at radius 3 is 2.91 bits per heavy atom. The fraction of sp³-hybridized carbons (Fsp3) is 0.188. The number of aromatic nitrogens is 2. The molecule has 0 atom stereocenters. The van der Waals surface area contributed by atoms with Crippen molar-refractivity contribution in [3.63, 3.8) is 0 Å². The standard InChI is InChI=1S/C16H14N2O4S/c1-10-15(23-9-17-10)6-7-21-13-5-3-2-4-11(13)14-8-12(16(19)20)18-22-14/h2-5,8-9H,6-7H2,1H3,(H,19,20). The Balaban J connectivity index is 1.75. The molecule has 2 heterocycles. The van der Waals surface area contributed by atoms with Crippen LogP contribution < -0.4 is 4.74 Å².